The molecule has 0 saturated carbocycles. The van der Waals surface area contributed by atoms with E-state index >= 15 is 0 Å². The lowest BCUT2D eigenvalue weighted by Crippen LogP contribution is -2.20. The first-order valence-electron chi connectivity index (χ1n) is 7.42. The van der Waals surface area contributed by atoms with Crippen LogP contribution < -0.4 is 10.1 Å². The lowest BCUT2D eigenvalue weighted by Gasteiger charge is -2.17. The maximum absolute atomic E-state index is 10.9. The number of carboxylic acid groups (broad SMARTS) is 1. The number of carbonyl (C=O) groups is 1. The van der Waals surface area contributed by atoms with Gasteiger partial charge in [-0.1, -0.05) is 20.8 Å². The molecule has 0 aromatic carbocycles. The Bertz CT molecular complexity index is 438. The first-order chi connectivity index (χ1) is 10.0. The largest absolute Gasteiger partial charge is 0.481 e. The molecule has 6 heteroatoms. The number of rotatable bonds is 10. The molecule has 0 aliphatic heterocycles. The molecule has 0 fully saturated rings. The van der Waals surface area contributed by atoms with Gasteiger partial charge in [0.05, 0.1) is 6.61 Å². The third kappa shape index (κ3) is 7.48. The van der Waals surface area contributed by atoms with E-state index in [1.165, 1.54) is 0 Å². The van der Waals surface area contributed by atoms with Crippen molar-refractivity contribution in [1.82, 2.24) is 9.97 Å². The van der Waals surface area contributed by atoms with Crippen molar-refractivity contribution in [3.8, 4) is 5.88 Å². The van der Waals surface area contributed by atoms with Gasteiger partial charge in [0.1, 0.15) is 0 Å². The van der Waals surface area contributed by atoms with E-state index in [1.54, 1.807) is 12.3 Å². The second kappa shape index (κ2) is 9.15. The summed E-state index contributed by atoms with van der Waals surface area (Å²) in [4.78, 5) is 19.3. The number of nitrogens with zero attached hydrogens (tertiary/aromatic N) is 2. The van der Waals surface area contributed by atoms with E-state index in [1.807, 2.05) is 6.92 Å². The molecule has 0 bridgehead atoms. The number of anilines is 1. The molecular weight excluding hydrogens is 270 g/mol. The standard InChI is InChI=1S/C15H25N3O3/c1-4-7-21-13-5-6-16-15(18-13)17-10-12(8-11(2)3)9-14(19)20/h5-6,11-12H,4,7-10H2,1-3H3,(H,19,20)(H,16,17,18). The van der Waals surface area contributed by atoms with Crippen LogP contribution in [-0.4, -0.2) is 34.2 Å². The number of hydrogen-bond acceptors (Lipinski definition) is 5. The Morgan fingerprint density at radius 3 is 2.86 bits per heavy atom. The molecule has 1 rings (SSSR count). The SMILES string of the molecule is CCCOc1ccnc(NCC(CC(=O)O)CC(C)C)n1. The highest BCUT2D eigenvalue weighted by Gasteiger charge is 2.15. The van der Waals surface area contributed by atoms with Crippen LogP contribution in [0.4, 0.5) is 5.95 Å². The number of hydrogen-bond donors (Lipinski definition) is 2. The van der Waals surface area contributed by atoms with Crippen LogP contribution in [0, 0.1) is 11.8 Å². The Labute approximate surface area is 126 Å². The van der Waals surface area contributed by atoms with Gasteiger partial charge in [0.2, 0.25) is 11.8 Å². The van der Waals surface area contributed by atoms with Crippen molar-refractivity contribution in [2.75, 3.05) is 18.5 Å². The zero-order chi connectivity index (χ0) is 15.7. The van der Waals surface area contributed by atoms with Gasteiger partial charge in [0.25, 0.3) is 0 Å². The Morgan fingerprint density at radius 2 is 2.24 bits per heavy atom. The first-order valence-corrected chi connectivity index (χ1v) is 7.42. The second-order valence-electron chi connectivity index (χ2n) is 5.54. The topological polar surface area (TPSA) is 84.3 Å². The molecule has 0 aliphatic rings. The maximum atomic E-state index is 10.9. The molecule has 1 unspecified atom stereocenters. The first kappa shape index (κ1) is 17.2. The normalized spacial score (nSPS) is 12.2. The van der Waals surface area contributed by atoms with E-state index in [0.29, 0.717) is 30.9 Å². The van der Waals surface area contributed by atoms with Gasteiger partial charge in [0.15, 0.2) is 0 Å². The van der Waals surface area contributed by atoms with E-state index in [9.17, 15) is 4.79 Å². The minimum atomic E-state index is -0.775. The van der Waals surface area contributed by atoms with Gasteiger partial charge in [-0.3, -0.25) is 4.79 Å². The highest BCUT2D eigenvalue weighted by atomic mass is 16.5. The maximum Gasteiger partial charge on any atom is 0.303 e. The fraction of sp³-hybridized carbons (Fsp3) is 0.667. The summed E-state index contributed by atoms with van der Waals surface area (Å²) in [6.45, 7) is 7.37. The lowest BCUT2D eigenvalue weighted by molar-refractivity contribution is -0.138. The van der Waals surface area contributed by atoms with Gasteiger partial charge in [-0.2, -0.15) is 4.98 Å². The fourth-order valence-electron chi connectivity index (χ4n) is 2.10. The Kier molecular flexibility index (Phi) is 7.50. The molecule has 6 nitrogen and oxygen atoms in total. The zero-order valence-corrected chi connectivity index (χ0v) is 13.0. The van der Waals surface area contributed by atoms with Gasteiger partial charge in [-0.25, -0.2) is 4.98 Å². The van der Waals surface area contributed by atoms with E-state index in [4.69, 9.17) is 9.84 Å². The number of nitrogens with one attached hydrogen (secondary N) is 1. The summed E-state index contributed by atoms with van der Waals surface area (Å²) in [6.07, 6.45) is 3.55. The smallest absolute Gasteiger partial charge is 0.303 e. The average molecular weight is 295 g/mol. The van der Waals surface area contributed by atoms with Crippen LogP contribution >= 0.6 is 0 Å². The van der Waals surface area contributed by atoms with Crippen molar-refractivity contribution in [3.63, 3.8) is 0 Å². The highest BCUT2D eigenvalue weighted by Crippen LogP contribution is 2.17. The third-order valence-electron chi connectivity index (χ3n) is 2.90. The molecule has 0 saturated heterocycles. The summed E-state index contributed by atoms with van der Waals surface area (Å²) < 4.78 is 5.45. The second-order valence-corrected chi connectivity index (χ2v) is 5.54. The highest BCUT2D eigenvalue weighted by molar-refractivity contribution is 5.67. The number of carboxylic acids is 1. The molecule has 0 spiro atoms. The van der Waals surface area contributed by atoms with Crippen LogP contribution in [0.1, 0.15) is 40.0 Å². The molecule has 2 N–H and O–H groups in total. The molecule has 0 radical (unpaired) electrons. The number of aliphatic carboxylic acids is 1. The van der Waals surface area contributed by atoms with E-state index in [-0.39, 0.29) is 12.3 Å². The predicted octanol–water partition coefficient (Wildman–Crippen LogP) is 2.81. The van der Waals surface area contributed by atoms with Gasteiger partial charge >= 0.3 is 5.97 Å². The molecule has 1 atom stereocenters. The quantitative estimate of drug-likeness (QED) is 0.690. The van der Waals surface area contributed by atoms with Crippen LogP contribution in [0.15, 0.2) is 12.3 Å². The van der Waals surface area contributed by atoms with Crippen LogP contribution in [0.2, 0.25) is 0 Å². The van der Waals surface area contributed by atoms with E-state index in [2.05, 4.69) is 29.1 Å². The summed E-state index contributed by atoms with van der Waals surface area (Å²) in [5, 5.41) is 12.1. The molecular formula is C15H25N3O3. The molecule has 1 aromatic rings. The monoisotopic (exact) mass is 295 g/mol. The van der Waals surface area contributed by atoms with Crippen LogP contribution in [0.5, 0.6) is 5.88 Å². The van der Waals surface area contributed by atoms with Gasteiger partial charge in [-0.05, 0) is 24.7 Å². The minimum Gasteiger partial charge on any atom is -0.481 e. The van der Waals surface area contributed by atoms with Crippen molar-refractivity contribution in [3.05, 3.63) is 12.3 Å². The van der Waals surface area contributed by atoms with Crippen molar-refractivity contribution in [1.29, 1.82) is 0 Å². The number of aromatic nitrogens is 2. The van der Waals surface area contributed by atoms with Crippen LogP contribution in [0.25, 0.3) is 0 Å². The van der Waals surface area contributed by atoms with Crippen molar-refractivity contribution in [2.24, 2.45) is 11.8 Å². The minimum absolute atomic E-state index is 0.0614. The molecule has 0 aliphatic carbocycles. The van der Waals surface area contributed by atoms with E-state index < -0.39 is 5.97 Å². The van der Waals surface area contributed by atoms with Gasteiger partial charge in [0, 0.05) is 25.2 Å². The summed E-state index contributed by atoms with van der Waals surface area (Å²) in [7, 11) is 0. The summed E-state index contributed by atoms with van der Waals surface area (Å²) in [6, 6.07) is 1.71. The van der Waals surface area contributed by atoms with Gasteiger partial charge in [-0.15, -0.1) is 0 Å². The van der Waals surface area contributed by atoms with Crippen molar-refractivity contribution < 1.29 is 14.6 Å². The van der Waals surface area contributed by atoms with Gasteiger partial charge < -0.3 is 15.2 Å². The van der Waals surface area contributed by atoms with Crippen LogP contribution in [-0.2, 0) is 4.79 Å². The predicted molar refractivity (Wildman–Crippen MR) is 81.5 cm³/mol. The average Bonchev–Trinajstić information content (AvgIpc) is 2.42. The van der Waals surface area contributed by atoms with Crippen molar-refractivity contribution >= 4 is 11.9 Å². The summed E-state index contributed by atoms with van der Waals surface area (Å²) in [5.41, 5.74) is 0. The van der Waals surface area contributed by atoms with Crippen molar-refractivity contribution in [2.45, 2.75) is 40.0 Å². The molecule has 118 valence electrons. The fourth-order valence-corrected chi connectivity index (χ4v) is 2.10. The molecule has 1 heterocycles. The van der Waals surface area contributed by atoms with E-state index in [0.717, 1.165) is 12.8 Å². The lowest BCUT2D eigenvalue weighted by atomic mass is 9.94. The Balaban J connectivity index is 2.55. The Morgan fingerprint density at radius 1 is 1.48 bits per heavy atom. The molecule has 0 amide bonds. The van der Waals surface area contributed by atoms with Crippen LogP contribution in [0.3, 0.4) is 0 Å². The Hall–Kier alpha value is -1.85. The number of ether oxygens (including phenoxy) is 1. The summed E-state index contributed by atoms with van der Waals surface area (Å²) in [5.74, 6) is 0.752. The summed E-state index contributed by atoms with van der Waals surface area (Å²) >= 11 is 0. The zero-order valence-electron chi connectivity index (χ0n) is 13.0. The third-order valence-corrected chi connectivity index (χ3v) is 2.90. The molecule has 1 aromatic heterocycles. The molecule has 21 heavy (non-hydrogen) atoms.